The molecule has 2 aliphatic carbocycles. The lowest BCUT2D eigenvalue weighted by molar-refractivity contribution is 0.332. The summed E-state index contributed by atoms with van der Waals surface area (Å²) in [5, 5.41) is 9.47. The van der Waals surface area contributed by atoms with Gasteiger partial charge in [0.2, 0.25) is 0 Å². The van der Waals surface area contributed by atoms with Crippen LogP contribution in [0.4, 0.5) is 17.1 Å². The fraction of sp³-hybridized carbons (Fsp3) is 0.276. The molecule has 2 aliphatic heterocycles. The molecular weight excluding hydrogens is 800 g/mol. The molecule has 5 heterocycles. The van der Waals surface area contributed by atoms with Crippen LogP contribution in [0.3, 0.4) is 0 Å². The van der Waals surface area contributed by atoms with Crippen LogP contribution < -0.4 is 15.1 Å². The molecule has 0 bridgehead atoms. The Morgan fingerprint density at radius 3 is 1.94 bits per heavy atom. The molecule has 5 heteroatoms. The number of thiophene rings is 2. The third-order valence-electron chi connectivity index (χ3n) is 16.7. The highest BCUT2D eigenvalue weighted by atomic mass is 32.1. The summed E-state index contributed by atoms with van der Waals surface area (Å²) in [6, 6.07) is 45.6. The molecule has 2 nitrogen and oxygen atoms in total. The molecule has 0 amide bonds. The van der Waals surface area contributed by atoms with Crippen LogP contribution in [0.1, 0.15) is 103 Å². The highest BCUT2D eigenvalue weighted by Crippen LogP contribution is 2.57. The van der Waals surface area contributed by atoms with E-state index < -0.39 is 0 Å². The summed E-state index contributed by atoms with van der Waals surface area (Å²) in [4.78, 5) is 2.79. The summed E-state index contributed by atoms with van der Waals surface area (Å²) in [6.07, 6.45) is 4.79. The lowest BCUT2D eigenvalue weighted by Gasteiger charge is -2.44. The minimum Gasteiger partial charge on any atom is -0.375 e. The van der Waals surface area contributed by atoms with Crippen molar-refractivity contribution in [2.24, 2.45) is 0 Å². The fourth-order valence-corrected chi connectivity index (χ4v) is 15.5. The summed E-state index contributed by atoms with van der Waals surface area (Å²) in [5.41, 5.74) is 17.4. The molecule has 308 valence electrons. The van der Waals surface area contributed by atoms with Gasteiger partial charge in [0.05, 0.1) is 16.1 Å². The molecule has 0 N–H and O–H groups in total. The van der Waals surface area contributed by atoms with Crippen molar-refractivity contribution in [3.05, 3.63) is 138 Å². The summed E-state index contributed by atoms with van der Waals surface area (Å²) in [6.45, 7) is 19.8. The van der Waals surface area contributed by atoms with Crippen LogP contribution in [0.2, 0.25) is 0 Å². The first-order valence-electron chi connectivity index (χ1n) is 23.2. The van der Waals surface area contributed by atoms with Gasteiger partial charge in [0.15, 0.2) is 0 Å². The van der Waals surface area contributed by atoms with E-state index in [0.717, 1.165) is 0 Å². The molecule has 3 aromatic heterocycles. The number of hydrogen-bond acceptors (Lipinski definition) is 3. The van der Waals surface area contributed by atoms with E-state index in [0.29, 0.717) is 0 Å². The van der Waals surface area contributed by atoms with Crippen molar-refractivity contribution in [3.63, 3.8) is 0 Å². The van der Waals surface area contributed by atoms with Gasteiger partial charge < -0.3 is 9.38 Å². The monoisotopic (exact) mass is 850 g/mol. The highest BCUT2D eigenvalue weighted by molar-refractivity contribution is 7.32. The van der Waals surface area contributed by atoms with Gasteiger partial charge in [-0.1, -0.05) is 128 Å². The molecule has 0 fully saturated rings. The molecule has 0 atom stereocenters. The standard InChI is InChI=1S/C58H51BN2S2/c1-55(2)24-25-56(3,4)42-28-33(21-22-41(42)55)60-51-40-30-43-44(58(7,8)27-26-57(43,5)6)31-47(40)63-54(51)59-49-38(29-39-35-16-11-12-19-46(35)62-53(39)52(49)60)36-17-13-18-37-48-34-15-10-9-14-32(34)20-23-45(48)61(59)50(36)37/h9-23,28-31H,24-27H2,1-8H3. The zero-order valence-corrected chi connectivity index (χ0v) is 39.2. The second-order valence-corrected chi connectivity index (χ2v) is 24.3. The Kier molecular flexibility index (Phi) is 6.97. The molecule has 0 spiro atoms. The van der Waals surface area contributed by atoms with Gasteiger partial charge in [0.25, 0.3) is 0 Å². The lowest BCUT2D eigenvalue weighted by Crippen LogP contribution is -2.55. The average molecular weight is 851 g/mol. The van der Waals surface area contributed by atoms with E-state index in [1.54, 1.807) is 0 Å². The Morgan fingerprint density at radius 2 is 1.16 bits per heavy atom. The van der Waals surface area contributed by atoms with Crippen LogP contribution >= 0.6 is 22.7 Å². The molecule has 0 saturated heterocycles. The third-order valence-corrected chi connectivity index (χ3v) is 19.1. The van der Waals surface area contributed by atoms with E-state index in [1.807, 2.05) is 11.3 Å². The van der Waals surface area contributed by atoms with E-state index in [4.69, 9.17) is 0 Å². The van der Waals surface area contributed by atoms with Crippen molar-refractivity contribution in [2.75, 3.05) is 4.90 Å². The van der Waals surface area contributed by atoms with Crippen molar-refractivity contribution in [1.82, 2.24) is 4.48 Å². The minimum absolute atomic E-state index is 0.00961. The minimum atomic E-state index is 0.00961. The molecule has 10 aromatic rings. The Balaban J connectivity index is 1.20. The fourth-order valence-electron chi connectivity index (χ4n) is 13.0. The number of benzene rings is 7. The molecule has 63 heavy (non-hydrogen) atoms. The maximum absolute atomic E-state index is 2.79. The first-order valence-corrected chi connectivity index (χ1v) is 24.8. The second kappa shape index (κ2) is 11.9. The van der Waals surface area contributed by atoms with Crippen LogP contribution in [0, 0.1) is 0 Å². The Bertz CT molecular complexity index is 3720. The van der Waals surface area contributed by atoms with Gasteiger partial charge in [-0.3, -0.25) is 0 Å². The van der Waals surface area contributed by atoms with Crippen molar-refractivity contribution in [3.8, 4) is 11.1 Å². The number of anilines is 3. The SMILES string of the molecule is CC1(C)CCC(C)(C)c2cc(N3c4c(sc5cc6c(cc45)C(C)(C)CCC6(C)C)B4c5c(cc6c(sc7ccccc76)c53)-c3cccc5c6c7ccccc7ccc6n4c35)ccc21. The molecule has 7 aromatic carbocycles. The maximum Gasteiger partial charge on any atom is 0.343 e. The molecule has 14 rings (SSSR count). The first-order chi connectivity index (χ1) is 30.2. The number of nitrogens with zero attached hydrogens (tertiary/aromatic N) is 2. The van der Waals surface area contributed by atoms with Crippen molar-refractivity contribution < 1.29 is 0 Å². The number of rotatable bonds is 1. The molecule has 0 radical (unpaired) electrons. The van der Waals surface area contributed by atoms with E-state index in [1.165, 1.54) is 149 Å². The number of para-hydroxylation sites is 1. The van der Waals surface area contributed by atoms with E-state index in [-0.39, 0.29) is 28.5 Å². The van der Waals surface area contributed by atoms with Crippen LogP contribution in [0.25, 0.3) is 74.0 Å². The first kappa shape index (κ1) is 37.1. The molecular formula is C58H51BN2S2. The quantitative estimate of drug-likeness (QED) is 0.149. The van der Waals surface area contributed by atoms with Gasteiger partial charge in [-0.05, 0) is 134 Å². The van der Waals surface area contributed by atoms with Gasteiger partial charge in [0.1, 0.15) is 0 Å². The average Bonchev–Trinajstić information content (AvgIpc) is 3.95. The predicted molar refractivity (Wildman–Crippen MR) is 276 cm³/mol. The Morgan fingerprint density at radius 1 is 0.492 bits per heavy atom. The summed E-state index contributed by atoms with van der Waals surface area (Å²) in [7, 11) is 0. The zero-order chi connectivity index (χ0) is 42.7. The van der Waals surface area contributed by atoms with Gasteiger partial charge in [0, 0.05) is 63.4 Å². The molecule has 4 aliphatic rings. The van der Waals surface area contributed by atoms with Gasteiger partial charge in [-0.25, -0.2) is 0 Å². The normalized spacial score (nSPS) is 18.7. The zero-order valence-electron chi connectivity index (χ0n) is 37.6. The largest absolute Gasteiger partial charge is 0.375 e. The smallest absolute Gasteiger partial charge is 0.343 e. The second-order valence-electron chi connectivity index (χ2n) is 22.1. The third kappa shape index (κ3) is 4.65. The van der Waals surface area contributed by atoms with Crippen LogP contribution in [0.15, 0.2) is 115 Å². The van der Waals surface area contributed by atoms with Gasteiger partial charge >= 0.3 is 6.85 Å². The Hall–Kier alpha value is -5.36. The molecule has 0 saturated carbocycles. The lowest BCUT2D eigenvalue weighted by atomic mass is 9.48. The summed E-state index contributed by atoms with van der Waals surface area (Å²) >= 11 is 4.05. The number of fused-ring (bicyclic) bond motifs is 17. The van der Waals surface area contributed by atoms with Gasteiger partial charge in [-0.2, -0.15) is 0 Å². The van der Waals surface area contributed by atoms with E-state index in [9.17, 15) is 0 Å². The topological polar surface area (TPSA) is 8.17 Å². The molecule has 0 unspecified atom stereocenters. The maximum atomic E-state index is 2.79. The summed E-state index contributed by atoms with van der Waals surface area (Å²) < 4.78 is 8.39. The van der Waals surface area contributed by atoms with Crippen molar-refractivity contribution >= 4 is 120 Å². The van der Waals surface area contributed by atoms with Crippen molar-refractivity contribution in [1.29, 1.82) is 0 Å². The van der Waals surface area contributed by atoms with Crippen LogP contribution in [0.5, 0.6) is 0 Å². The highest BCUT2D eigenvalue weighted by Gasteiger charge is 2.48. The summed E-state index contributed by atoms with van der Waals surface area (Å²) in [5.74, 6) is 0. The number of hydrogen-bond donors (Lipinski definition) is 0. The van der Waals surface area contributed by atoms with Crippen LogP contribution in [-0.2, 0) is 21.7 Å². The van der Waals surface area contributed by atoms with E-state index >= 15 is 0 Å². The predicted octanol–water partition coefficient (Wildman–Crippen LogP) is 15.6. The van der Waals surface area contributed by atoms with Crippen molar-refractivity contribution in [2.45, 2.75) is 103 Å². The Labute approximate surface area is 378 Å². The van der Waals surface area contributed by atoms with Gasteiger partial charge in [-0.15, -0.1) is 22.7 Å². The van der Waals surface area contributed by atoms with E-state index in [2.05, 4.69) is 191 Å². The number of aromatic nitrogens is 1. The van der Waals surface area contributed by atoms with Crippen LogP contribution in [-0.4, -0.2) is 11.3 Å².